The number of halogens is 1. The van der Waals surface area contributed by atoms with Crippen LogP contribution < -0.4 is 15.0 Å². The number of nitro benzene ring substituents is 1. The van der Waals surface area contributed by atoms with Crippen LogP contribution in [0, 0.1) is 17.0 Å². The Morgan fingerprint density at radius 2 is 1.93 bits per heavy atom. The first-order valence-electron chi connectivity index (χ1n) is 13.1. The Balaban J connectivity index is 1.92. The molecule has 1 heterocycles. The summed E-state index contributed by atoms with van der Waals surface area (Å²) in [5.41, 5.74) is 2.32. The number of para-hydroxylation sites is 1. The Morgan fingerprint density at radius 1 is 1.21 bits per heavy atom. The van der Waals surface area contributed by atoms with Crippen molar-refractivity contribution in [1.29, 1.82) is 0 Å². The smallest absolute Gasteiger partial charge is 0.344 e. The topological polar surface area (TPSA) is 146 Å². The van der Waals surface area contributed by atoms with Crippen molar-refractivity contribution in [3.05, 3.63) is 90.2 Å². The molecule has 0 aliphatic heterocycles. The minimum Gasteiger partial charge on any atom is -0.494 e. The van der Waals surface area contributed by atoms with Crippen LogP contribution in [0.5, 0.6) is 11.5 Å². The molecule has 0 bridgehead atoms. The van der Waals surface area contributed by atoms with Gasteiger partial charge in [0.15, 0.2) is 11.9 Å². The van der Waals surface area contributed by atoms with E-state index in [2.05, 4.69) is 21.0 Å². The SMILES string of the molecule is CCOc1cc(C)c(-c2nc3ccccc3c(=O)n2N=Cc2cc(Br)c(O[C@@H](C)C(=O)O)c([N+](=O)[O-])c2)cc1C(C)C. The van der Waals surface area contributed by atoms with Gasteiger partial charge >= 0.3 is 11.7 Å². The predicted octanol–water partition coefficient (Wildman–Crippen LogP) is 6.30. The van der Waals surface area contributed by atoms with Crippen LogP contribution in [0.4, 0.5) is 5.69 Å². The van der Waals surface area contributed by atoms with E-state index >= 15 is 0 Å². The number of nitro groups is 1. The third-order valence-electron chi connectivity index (χ3n) is 6.48. The number of nitrogens with zero attached hydrogens (tertiary/aromatic N) is 4. The molecule has 4 aromatic rings. The molecule has 0 saturated carbocycles. The van der Waals surface area contributed by atoms with Gasteiger partial charge in [0.1, 0.15) is 5.75 Å². The number of ether oxygens (including phenoxy) is 2. The van der Waals surface area contributed by atoms with E-state index in [1.807, 2.05) is 39.8 Å². The minimum atomic E-state index is -1.32. The molecular formula is C30H29BrN4O7. The van der Waals surface area contributed by atoms with Crippen LogP contribution in [0.2, 0.25) is 0 Å². The number of aliphatic carboxylic acids is 1. The quantitative estimate of drug-likeness (QED) is 0.121. The molecule has 218 valence electrons. The van der Waals surface area contributed by atoms with E-state index in [-0.39, 0.29) is 21.7 Å². The maximum Gasteiger partial charge on any atom is 0.344 e. The van der Waals surface area contributed by atoms with Crippen LogP contribution in [0.15, 0.2) is 62.9 Å². The molecule has 4 rings (SSSR count). The summed E-state index contributed by atoms with van der Waals surface area (Å²) in [4.78, 5) is 40.9. The Morgan fingerprint density at radius 3 is 2.57 bits per heavy atom. The van der Waals surface area contributed by atoms with Crippen molar-refractivity contribution in [2.24, 2.45) is 5.10 Å². The second-order valence-corrected chi connectivity index (χ2v) is 10.7. The van der Waals surface area contributed by atoms with Gasteiger partial charge in [-0.25, -0.2) is 9.78 Å². The molecule has 1 N–H and O–H groups in total. The molecule has 0 aliphatic rings. The van der Waals surface area contributed by atoms with Crippen LogP contribution in [-0.4, -0.2) is 44.6 Å². The van der Waals surface area contributed by atoms with Crippen LogP contribution in [0.1, 0.15) is 50.3 Å². The highest BCUT2D eigenvalue weighted by atomic mass is 79.9. The van der Waals surface area contributed by atoms with Gasteiger partial charge in [0, 0.05) is 17.2 Å². The van der Waals surface area contributed by atoms with Gasteiger partial charge in [-0.05, 0) is 84.1 Å². The lowest BCUT2D eigenvalue weighted by Gasteiger charge is -2.18. The van der Waals surface area contributed by atoms with Crippen LogP contribution in [0.25, 0.3) is 22.3 Å². The van der Waals surface area contributed by atoms with Crippen molar-refractivity contribution in [1.82, 2.24) is 9.66 Å². The molecule has 0 aliphatic carbocycles. The van der Waals surface area contributed by atoms with Crippen LogP contribution in [-0.2, 0) is 4.79 Å². The standard InChI is InChI=1S/C30H29BrN4O7/c1-6-41-26-11-17(4)22(14-21(26)16(2)3)28-33-24-10-8-7-9-20(24)29(36)34(28)32-15-19-12-23(31)27(25(13-19)35(39)40)42-18(5)30(37)38/h7-16,18H,6H2,1-5H3,(H,37,38)/t18-/m0/s1. The summed E-state index contributed by atoms with van der Waals surface area (Å²) in [5.74, 6) is -0.339. The zero-order valence-corrected chi connectivity index (χ0v) is 25.2. The minimum absolute atomic E-state index is 0.123. The Labute approximate surface area is 249 Å². The first kappa shape index (κ1) is 30.4. The molecule has 3 aromatic carbocycles. The number of rotatable bonds is 10. The Bertz CT molecular complexity index is 1780. The molecule has 0 fully saturated rings. The maximum atomic E-state index is 13.7. The van der Waals surface area contributed by atoms with E-state index in [4.69, 9.17) is 14.5 Å². The van der Waals surface area contributed by atoms with E-state index in [1.165, 1.54) is 29.9 Å². The molecule has 0 saturated heterocycles. The number of carboxylic acid groups (broad SMARTS) is 1. The van der Waals surface area contributed by atoms with Crippen molar-refractivity contribution >= 4 is 44.7 Å². The largest absolute Gasteiger partial charge is 0.494 e. The number of aromatic nitrogens is 2. The maximum absolute atomic E-state index is 13.7. The molecule has 11 nitrogen and oxygen atoms in total. The van der Waals surface area contributed by atoms with Crippen molar-refractivity contribution < 1.29 is 24.3 Å². The lowest BCUT2D eigenvalue weighted by atomic mass is 9.96. The van der Waals surface area contributed by atoms with E-state index in [9.17, 15) is 24.8 Å². The van der Waals surface area contributed by atoms with Gasteiger partial charge in [0.25, 0.3) is 5.56 Å². The third kappa shape index (κ3) is 6.18. The van der Waals surface area contributed by atoms with Crippen LogP contribution in [0.3, 0.4) is 0 Å². The fourth-order valence-corrected chi connectivity index (χ4v) is 4.91. The monoisotopic (exact) mass is 636 g/mol. The number of benzene rings is 3. The molecule has 0 radical (unpaired) electrons. The van der Waals surface area contributed by atoms with Crippen LogP contribution >= 0.6 is 15.9 Å². The second-order valence-electron chi connectivity index (χ2n) is 9.81. The van der Waals surface area contributed by atoms with Gasteiger partial charge in [-0.1, -0.05) is 26.0 Å². The highest BCUT2D eigenvalue weighted by Crippen LogP contribution is 2.37. The van der Waals surface area contributed by atoms with Crippen molar-refractivity contribution in [3.63, 3.8) is 0 Å². The van der Waals surface area contributed by atoms with E-state index < -0.39 is 28.2 Å². The summed E-state index contributed by atoms with van der Waals surface area (Å²) < 4.78 is 12.5. The fraction of sp³-hybridized carbons (Fsp3) is 0.267. The summed E-state index contributed by atoms with van der Waals surface area (Å²) in [6.45, 7) is 9.68. The number of aryl methyl sites for hydroxylation is 1. The number of carbonyl (C=O) groups is 1. The molecule has 12 heteroatoms. The normalized spacial score (nSPS) is 12.2. The second kappa shape index (κ2) is 12.5. The van der Waals surface area contributed by atoms with E-state index in [0.29, 0.717) is 28.9 Å². The molecule has 0 spiro atoms. The Hall–Kier alpha value is -4.58. The summed E-state index contributed by atoms with van der Waals surface area (Å²) in [7, 11) is 0. The summed E-state index contributed by atoms with van der Waals surface area (Å²) in [6, 6.07) is 13.5. The highest BCUT2D eigenvalue weighted by molar-refractivity contribution is 9.10. The predicted molar refractivity (Wildman–Crippen MR) is 163 cm³/mol. The number of carboxylic acids is 1. The van der Waals surface area contributed by atoms with E-state index in [1.54, 1.807) is 24.3 Å². The molecule has 0 unspecified atom stereocenters. The lowest BCUT2D eigenvalue weighted by Crippen LogP contribution is -2.23. The van der Waals surface area contributed by atoms with Gasteiger partial charge in [0.05, 0.1) is 33.1 Å². The van der Waals surface area contributed by atoms with Gasteiger partial charge in [-0.15, -0.1) is 0 Å². The highest BCUT2D eigenvalue weighted by Gasteiger charge is 2.25. The lowest BCUT2D eigenvalue weighted by molar-refractivity contribution is -0.386. The number of fused-ring (bicyclic) bond motifs is 1. The summed E-state index contributed by atoms with van der Waals surface area (Å²) in [6.07, 6.45) is -0.0195. The zero-order valence-electron chi connectivity index (χ0n) is 23.6. The number of hydrogen-bond acceptors (Lipinski definition) is 8. The van der Waals surface area contributed by atoms with Gasteiger partial charge < -0.3 is 14.6 Å². The van der Waals surface area contributed by atoms with Gasteiger partial charge in [-0.3, -0.25) is 14.9 Å². The average Bonchev–Trinajstić information content (AvgIpc) is 2.93. The van der Waals surface area contributed by atoms with E-state index in [0.717, 1.165) is 16.9 Å². The Kier molecular flexibility index (Phi) is 9.05. The molecule has 42 heavy (non-hydrogen) atoms. The molecular weight excluding hydrogens is 608 g/mol. The van der Waals surface area contributed by atoms with Gasteiger partial charge in [-0.2, -0.15) is 9.78 Å². The number of hydrogen-bond donors (Lipinski definition) is 1. The summed E-state index contributed by atoms with van der Waals surface area (Å²) >= 11 is 3.24. The van der Waals surface area contributed by atoms with Crippen molar-refractivity contribution in [3.8, 4) is 22.9 Å². The first-order valence-corrected chi connectivity index (χ1v) is 13.9. The zero-order chi connectivity index (χ0) is 30.7. The molecule has 1 atom stereocenters. The van der Waals surface area contributed by atoms with Crippen molar-refractivity contribution in [2.75, 3.05) is 6.61 Å². The molecule has 1 aromatic heterocycles. The third-order valence-corrected chi connectivity index (χ3v) is 7.07. The van der Waals surface area contributed by atoms with Gasteiger partial charge in [0.2, 0.25) is 5.75 Å². The average molecular weight is 637 g/mol. The van der Waals surface area contributed by atoms with Crippen molar-refractivity contribution in [2.45, 2.75) is 46.6 Å². The first-order chi connectivity index (χ1) is 19.9. The summed E-state index contributed by atoms with van der Waals surface area (Å²) in [5, 5.41) is 25.8. The molecule has 0 amide bonds. The fourth-order valence-electron chi connectivity index (χ4n) is 4.35.